The standard InChI is InChI=1S/C9H10N2O4/c1-6(8(13)14)2-4-11-5-3-7(12)10-9(11)15/h2-3,5H,4H2,1H3,(H,13,14)(H,10,12,15). The molecule has 0 aliphatic carbocycles. The lowest BCUT2D eigenvalue weighted by Crippen LogP contribution is -2.28. The Bertz CT molecular complexity index is 509. The average Bonchev–Trinajstić information content (AvgIpc) is 2.15. The van der Waals surface area contributed by atoms with Gasteiger partial charge in [0.25, 0.3) is 5.56 Å². The van der Waals surface area contributed by atoms with Gasteiger partial charge in [0.1, 0.15) is 0 Å². The van der Waals surface area contributed by atoms with E-state index in [1.807, 2.05) is 0 Å². The van der Waals surface area contributed by atoms with Crippen molar-refractivity contribution in [3.63, 3.8) is 0 Å². The van der Waals surface area contributed by atoms with Crippen LogP contribution in [-0.2, 0) is 11.3 Å². The van der Waals surface area contributed by atoms with Gasteiger partial charge in [-0.25, -0.2) is 9.59 Å². The van der Waals surface area contributed by atoms with E-state index in [1.165, 1.54) is 29.8 Å². The van der Waals surface area contributed by atoms with Crippen LogP contribution in [0.2, 0.25) is 0 Å². The Balaban J connectivity index is 2.92. The molecule has 0 unspecified atom stereocenters. The van der Waals surface area contributed by atoms with E-state index in [1.54, 1.807) is 0 Å². The second kappa shape index (κ2) is 4.41. The summed E-state index contributed by atoms with van der Waals surface area (Å²) in [6.45, 7) is 1.55. The van der Waals surface area contributed by atoms with Crippen LogP contribution in [0.15, 0.2) is 33.5 Å². The van der Waals surface area contributed by atoms with E-state index in [0.29, 0.717) is 0 Å². The molecule has 0 fully saturated rings. The first-order valence-corrected chi connectivity index (χ1v) is 4.20. The van der Waals surface area contributed by atoms with Gasteiger partial charge in [0, 0.05) is 24.4 Å². The molecule has 1 heterocycles. The van der Waals surface area contributed by atoms with Gasteiger partial charge < -0.3 is 5.11 Å². The van der Waals surface area contributed by atoms with Crippen molar-refractivity contribution in [2.45, 2.75) is 13.5 Å². The third-order valence-corrected chi connectivity index (χ3v) is 1.83. The highest BCUT2D eigenvalue weighted by atomic mass is 16.4. The van der Waals surface area contributed by atoms with Crippen molar-refractivity contribution >= 4 is 5.97 Å². The summed E-state index contributed by atoms with van der Waals surface area (Å²) in [5.74, 6) is -1.03. The van der Waals surface area contributed by atoms with E-state index in [2.05, 4.69) is 4.98 Å². The first kappa shape index (κ1) is 11.0. The third kappa shape index (κ3) is 2.94. The number of carboxylic acid groups (broad SMARTS) is 1. The summed E-state index contributed by atoms with van der Waals surface area (Å²) in [5.41, 5.74) is -0.889. The molecule has 0 aromatic carbocycles. The van der Waals surface area contributed by atoms with E-state index in [0.717, 1.165) is 0 Å². The fraction of sp³-hybridized carbons (Fsp3) is 0.222. The number of hydrogen-bond acceptors (Lipinski definition) is 3. The molecule has 0 saturated heterocycles. The van der Waals surface area contributed by atoms with Gasteiger partial charge in [0.05, 0.1) is 0 Å². The monoisotopic (exact) mass is 210 g/mol. The van der Waals surface area contributed by atoms with Gasteiger partial charge in [-0.15, -0.1) is 0 Å². The molecule has 0 aliphatic heterocycles. The molecule has 0 saturated carbocycles. The molecule has 6 heteroatoms. The minimum Gasteiger partial charge on any atom is -0.478 e. The zero-order valence-electron chi connectivity index (χ0n) is 8.06. The van der Waals surface area contributed by atoms with Crippen LogP contribution in [0, 0.1) is 0 Å². The number of carbonyl (C=O) groups is 1. The molecule has 6 nitrogen and oxygen atoms in total. The molecule has 2 N–H and O–H groups in total. The molecule has 0 aliphatic rings. The van der Waals surface area contributed by atoms with Gasteiger partial charge in [0.2, 0.25) is 0 Å². The molecule has 1 aromatic rings. The number of allylic oxidation sites excluding steroid dienone is 1. The molecular weight excluding hydrogens is 200 g/mol. The molecule has 1 aromatic heterocycles. The fourth-order valence-electron chi connectivity index (χ4n) is 0.911. The first-order valence-electron chi connectivity index (χ1n) is 4.20. The number of rotatable bonds is 3. The molecule has 0 spiro atoms. The SMILES string of the molecule is CC(=CCn1ccc(=O)[nH]c1=O)C(=O)O. The summed E-state index contributed by atoms with van der Waals surface area (Å²) in [4.78, 5) is 34.4. The van der Waals surface area contributed by atoms with E-state index in [9.17, 15) is 14.4 Å². The van der Waals surface area contributed by atoms with Crippen molar-refractivity contribution in [3.05, 3.63) is 44.8 Å². The van der Waals surface area contributed by atoms with Gasteiger partial charge in [-0.05, 0) is 6.92 Å². The van der Waals surface area contributed by atoms with Crippen molar-refractivity contribution < 1.29 is 9.90 Å². The van der Waals surface area contributed by atoms with Gasteiger partial charge in [-0.1, -0.05) is 6.08 Å². The van der Waals surface area contributed by atoms with Crippen LogP contribution in [0.4, 0.5) is 0 Å². The Labute approximate surface area is 84.5 Å². The highest BCUT2D eigenvalue weighted by Crippen LogP contribution is 1.92. The maximum Gasteiger partial charge on any atom is 0.331 e. The average molecular weight is 210 g/mol. The Kier molecular flexibility index (Phi) is 3.22. The second-order valence-electron chi connectivity index (χ2n) is 2.95. The predicted molar refractivity (Wildman–Crippen MR) is 52.7 cm³/mol. The Morgan fingerprint density at radius 3 is 2.80 bits per heavy atom. The number of aliphatic carboxylic acids is 1. The van der Waals surface area contributed by atoms with Crippen LogP contribution < -0.4 is 11.2 Å². The van der Waals surface area contributed by atoms with Crippen LogP contribution >= 0.6 is 0 Å². The number of hydrogen-bond donors (Lipinski definition) is 2. The summed E-state index contributed by atoms with van der Waals surface area (Å²) >= 11 is 0. The molecule has 0 bridgehead atoms. The van der Waals surface area contributed by atoms with Crippen LogP contribution in [0.3, 0.4) is 0 Å². The quantitative estimate of drug-likeness (QED) is 0.662. The number of H-pyrrole nitrogens is 1. The van der Waals surface area contributed by atoms with Gasteiger partial charge in [-0.3, -0.25) is 14.3 Å². The van der Waals surface area contributed by atoms with Crippen LogP contribution in [0.25, 0.3) is 0 Å². The van der Waals surface area contributed by atoms with E-state index in [-0.39, 0.29) is 12.1 Å². The molecule has 0 radical (unpaired) electrons. The molecule has 80 valence electrons. The number of nitrogens with zero attached hydrogens (tertiary/aromatic N) is 1. The van der Waals surface area contributed by atoms with Crippen molar-refractivity contribution in [2.24, 2.45) is 0 Å². The summed E-state index contributed by atoms with van der Waals surface area (Å²) in [5, 5.41) is 8.56. The molecule has 0 amide bonds. The number of aromatic amines is 1. The van der Waals surface area contributed by atoms with Crippen LogP contribution in [-0.4, -0.2) is 20.6 Å². The van der Waals surface area contributed by atoms with Crippen molar-refractivity contribution in [2.75, 3.05) is 0 Å². The first-order chi connectivity index (χ1) is 7.00. The van der Waals surface area contributed by atoms with Crippen molar-refractivity contribution in [3.8, 4) is 0 Å². The predicted octanol–water partition coefficient (Wildman–Crippen LogP) is -0.433. The van der Waals surface area contributed by atoms with Gasteiger partial charge in [0.15, 0.2) is 0 Å². The Morgan fingerprint density at radius 1 is 1.60 bits per heavy atom. The van der Waals surface area contributed by atoms with E-state index >= 15 is 0 Å². The minimum absolute atomic E-state index is 0.119. The summed E-state index contributed by atoms with van der Waals surface area (Å²) < 4.78 is 1.20. The summed E-state index contributed by atoms with van der Waals surface area (Å²) in [6, 6.07) is 1.20. The highest BCUT2D eigenvalue weighted by Gasteiger charge is 1.99. The minimum atomic E-state index is -1.03. The topological polar surface area (TPSA) is 92.2 Å². The fourth-order valence-corrected chi connectivity index (χ4v) is 0.911. The molecule has 1 rings (SSSR count). The lowest BCUT2D eigenvalue weighted by Gasteiger charge is -1.99. The number of carboxylic acids is 1. The largest absolute Gasteiger partial charge is 0.478 e. The maximum atomic E-state index is 11.2. The normalized spacial score (nSPS) is 11.4. The van der Waals surface area contributed by atoms with Crippen LogP contribution in [0.5, 0.6) is 0 Å². The lowest BCUT2D eigenvalue weighted by molar-refractivity contribution is -0.132. The summed E-state index contributed by atoms with van der Waals surface area (Å²) in [7, 11) is 0. The maximum absolute atomic E-state index is 11.2. The second-order valence-corrected chi connectivity index (χ2v) is 2.95. The molecule has 0 atom stereocenters. The van der Waals surface area contributed by atoms with Crippen molar-refractivity contribution in [1.29, 1.82) is 0 Å². The van der Waals surface area contributed by atoms with E-state index in [4.69, 9.17) is 5.11 Å². The van der Waals surface area contributed by atoms with Crippen LogP contribution in [0.1, 0.15) is 6.92 Å². The highest BCUT2D eigenvalue weighted by molar-refractivity contribution is 5.85. The zero-order valence-corrected chi connectivity index (χ0v) is 8.06. The molecule has 15 heavy (non-hydrogen) atoms. The van der Waals surface area contributed by atoms with E-state index < -0.39 is 17.2 Å². The Hall–Kier alpha value is -2.11. The number of nitrogens with one attached hydrogen (secondary N) is 1. The molecular formula is C9H10N2O4. The van der Waals surface area contributed by atoms with Gasteiger partial charge in [-0.2, -0.15) is 0 Å². The smallest absolute Gasteiger partial charge is 0.331 e. The Morgan fingerprint density at radius 2 is 2.27 bits per heavy atom. The van der Waals surface area contributed by atoms with Crippen molar-refractivity contribution in [1.82, 2.24) is 9.55 Å². The van der Waals surface area contributed by atoms with Gasteiger partial charge >= 0.3 is 11.7 Å². The number of aromatic nitrogens is 2. The lowest BCUT2D eigenvalue weighted by atomic mass is 10.3. The zero-order chi connectivity index (χ0) is 11.4. The summed E-state index contributed by atoms with van der Waals surface area (Å²) in [6.07, 6.45) is 2.70. The third-order valence-electron chi connectivity index (χ3n) is 1.83.